The minimum atomic E-state index is -0.863. The second-order valence-corrected chi connectivity index (χ2v) is 4.47. The van der Waals surface area contributed by atoms with E-state index >= 15 is 0 Å². The zero-order chi connectivity index (χ0) is 12.8. The highest BCUT2D eigenvalue weighted by Crippen LogP contribution is 2.10. The highest BCUT2D eigenvalue weighted by molar-refractivity contribution is 5.85. The molecule has 5 nitrogen and oxygen atoms in total. The maximum atomic E-state index is 10.9. The first-order chi connectivity index (χ1) is 7.99. The van der Waals surface area contributed by atoms with Crippen LogP contribution >= 0.6 is 0 Å². The van der Waals surface area contributed by atoms with Crippen LogP contribution in [0.15, 0.2) is 11.6 Å². The van der Waals surface area contributed by atoms with E-state index in [9.17, 15) is 9.59 Å². The first kappa shape index (κ1) is 13.7. The number of piperidine rings is 1. The third-order valence-electron chi connectivity index (χ3n) is 2.99. The van der Waals surface area contributed by atoms with Gasteiger partial charge >= 0.3 is 5.97 Å². The summed E-state index contributed by atoms with van der Waals surface area (Å²) in [6.45, 7) is 5.60. The number of aliphatic carboxylic acids is 1. The van der Waals surface area contributed by atoms with Gasteiger partial charge in [-0.15, -0.1) is 0 Å². The lowest BCUT2D eigenvalue weighted by atomic mass is 10.0. The summed E-state index contributed by atoms with van der Waals surface area (Å²) in [5.74, 6) is -0.844. The summed E-state index contributed by atoms with van der Waals surface area (Å²) in [7, 11) is 0. The second kappa shape index (κ2) is 6.39. The number of hydrogen-bond donors (Lipinski definition) is 2. The lowest BCUT2D eigenvalue weighted by Crippen LogP contribution is -2.44. The average molecular weight is 240 g/mol. The predicted molar refractivity (Wildman–Crippen MR) is 64.7 cm³/mol. The van der Waals surface area contributed by atoms with Crippen molar-refractivity contribution < 1.29 is 14.7 Å². The van der Waals surface area contributed by atoms with E-state index in [2.05, 4.69) is 10.2 Å². The molecule has 0 aromatic rings. The lowest BCUT2D eigenvalue weighted by Gasteiger charge is -2.31. The number of nitrogens with one attached hydrogen (secondary N) is 1. The van der Waals surface area contributed by atoms with E-state index in [4.69, 9.17) is 5.11 Å². The third kappa shape index (κ3) is 4.99. The summed E-state index contributed by atoms with van der Waals surface area (Å²) < 4.78 is 0. The van der Waals surface area contributed by atoms with Gasteiger partial charge in [-0.2, -0.15) is 0 Å². The summed E-state index contributed by atoms with van der Waals surface area (Å²) in [5, 5.41) is 11.6. The van der Waals surface area contributed by atoms with Crippen LogP contribution in [0.25, 0.3) is 0 Å². The van der Waals surface area contributed by atoms with Gasteiger partial charge in [0.25, 0.3) is 0 Å². The highest BCUT2D eigenvalue weighted by atomic mass is 16.4. The zero-order valence-electron chi connectivity index (χ0n) is 10.4. The average Bonchev–Trinajstić information content (AvgIpc) is 2.26. The van der Waals surface area contributed by atoms with Crippen molar-refractivity contribution in [3.8, 4) is 0 Å². The van der Waals surface area contributed by atoms with E-state index in [1.165, 1.54) is 6.92 Å². The SMILES string of the molecule is CC(=O)NC1CCN(C/C=C(/C)C(=O)O)CC1. The van der Waals surface area contributed by atoms with Gasteiger partial charge in [0.1, 0.15) is 0 Å². The van der Waals surface area contributed by atoms with Crippen LogP contribution in [-0.2, 0) is 9.59 Å². The smallest absolute Gasteiger partial charge is 0.330 e. The molecule has 0 aliphatic carbocycles. The normalized spacial score (nSPS) is 19.1. The van der Waals surface area contributed by atoms with E-state index in [1.54, 1.807) is 13.0 Å². The third-order valence-corrected chi connectivity index (χ3v) is 2.99. The van der Waals surface area contributed by atoms with Crippen molar-refractivity contribution >= 4 is 11.9 Å². The summed E-state index contributed by atoms with van der Waals surface area (Å²) in [5.41, 5.74) is 0.383. The Morgan fingerprint density at radius 1 is 1.35 bits per heavy atom. The molecule has 0 aromatic carbocycles. The quantitative estimate of drug-likeness (QED) is 0.707. The van der Waals surface area contributed by atoms with Crippen molar-refractivity contribution in [1.29, 1.82) is 0 Å². The van der Waals surface area contributed by atoms with Crippen molar-refractivity contribution in [2.45, 2.75) is 32.7 Å². The Balaban J connectivity index is 2.30. The Labute approximate surface area is 101 Å². The molecule has 0 bridgehead atoms. The first-order valence-electron chi connectivity index (χ1n) is 5.88. The number of carbonyl (C=O) groups excluding carboxylic acids is 1. The molecule has 2 N–H and O–H groups in total. The van der Waals surface area contributed by atoms with Gasteiger partial charge in [-0.25, -0.2) is 4.79 Å². The Bertz CT molecular complexity index is 318. The van der Waals surface area contributed by atoms with Crippen molar-refractivity contribution in [3.63, 3.8) is 0 Å². The van der Waals surface area contributed by atoms with Gasteiger partial charge in [0.15, 0.2) is 0 Å². The minimum absolute atomic E-state index is 0.0186. The fraction of sp³-hybridized carbons (Fsp3) is 0.667. The van der Waals surface area contributed by atoms with Crippen LogP contribution in [0.2, 0.25) is 0 Å². The molecule has 1 rings (SSSR count). The molecule has 1 aliphatic rings. The molecule has 0 radical (unpaired) electrons. The number of carboxylic acids is 1. The molecule has 0 atom stereocenters. The first-order valence-corrected chi connectivity index (χ1v) is 5.88. The van der Waals surface area contributed by atoms with E-state index in [0.29, 0.717) is 12.1 Å². The van der Waals surface area contributed by atoms with Crippen molar-refractivity contribution in [2.24, 2.45) is 0 Å². The number of carboxylic acid groups (broad SMARTS) is 1. The van der Waals surface area contributed by atoms with E-state index in [1.807, 2.05) is 0 Å². The van der Waals surface area contributed by atoms with Crippen LogP contribution in [0.4, 0.5) is 0 Å². The Morgan fingerprint density at radius 2 is 1.94 bits per heavy atom. The molecule has 1 fully saturated rings. The summed E-state index contributed by atoms with van der Waals surface area (Å²) in [6, 6.07) is 0.272. The maximum absolute atomic E-state index is 10.9. The van der Waals surface area contributed by atoms with Crippen molar-refractivity contribution in [1.82, 2.24) is 10.2 Å². The molecule has 96 valence electrons. The summed E-state index contributed by atoms with van der Waals surface area (Å²) >= 11 is 0. The highest BCUT2D eigenvalue weighted by Gasteiger charge is 2.18. The molecule has 0 spiro atoms. The zero-order valence-corrected chi connectivity index (χ0v) is 10.4. The Hall–Kier alpha value is -1.36. The number of amides is 1. The van der Waals surface area contributed by atoms with E-state index in [0.717, 1.165) is 25.9 Å². The molecule has 0 unspecified atom stereocenters. The molecule has 0 saturated carbocycles. The van der Waals surface area contributed by atoms with Gasteiger partial charge in [-0.1, -0.05) is 6.08 Å². The van der Waals surface area contributed by atoms with Crippen molar-refractivity contribution in [2.75, 3.05) is 19.6 Å². The molecule has 1 amide bonds. The Kier molecular flexibility index (Phi) is 5.15. The molecule has 0 aromatic heterocycles. The summed E-state index contributed by atoms with van der Waals surface area (Å²) in [6.07, 6.45) is 3.60. The summed E-state index contributed by atoms with van der Waals surface area (Å²) in [4.78, 5) is 23.7. The number of nitrogens with zero attached hydrogens (tertiary/aromatic N) is 1. The largest absolute Gasteiger partial charge is 0.478 e. The van der Waals surface area contributed by atoms with Crippen LogP contribution in [-0.4, -0.2) is 47.6 Å². The number of carbonyl (C=O) groups is 2. The minimum Gasteiger partial charge on any atom is -0.478 e. The van der Waals surface area contributed by atoms with Crippen LogP contribution in [0.5, 0.6) is 0 Å². The standard InChI is InChI=1S/C12H20N2O3/c1-9(12(16)17)3-6-14-7-4-11(5-8-14)13-10(2)15/h3,11H,4-8H2,1-2H3,(H,13,15)(H,16,17)/b9-3-. The molecule has 1 aliphatic heterocycles. The molecular weight excluding hydrogens is 220 g/mol. The monoisotopic (exact) mass is 240 g/mol. The molecule has 5 heteroatoms. The van der Waals surface area contributed by atoms with Crippen molar-refractivity contribution in [3.05, 3.63) is 11.6 Å². The van der Waals surface area contributed by atoms with Crippen LogP contribution in [0.1, 0.15) is 26.7 Å². The maximum Gasteiger partial charge on any atom is 0.330 e. The topological polar surface area (TPSA) is 69.6 Å². The second-order valence-electron chi connectivity index (χ2n) is 4.47. The fourth-order valence-electron chi connectivity index (χ4n) is 1.90. The number of rotatable bonds is 4. The molecule has 1 heterocycles. The molecule has 1 saturated heterocycles. The number of hydrogen-bond acceptors (Lipinski definition) is 3. The predicted octanol–water partition coefficient (Wildman–Crippen LogP) is 0.618. The fourth-order valence-corrected chi connectivity index (χ4v) is 1.90. The van der Waals surface area contributed by atoms with Crippen LogP contribution < -0.4 is 5.32 Å². The number of likely N-dealkylation sites (tertiary alicyclic amines) is 1. The van der Waals surface area contributed by atoms with E-state index in [-0.39, 0.29) is 11.9 Å². The van der Waals surface area contributed by atoms with Crippen LogP contribution in [0.3, 0.4) is 0 Å². The van der Waals surface area contributed by atoms with Gasteiger partial charge in [-0.05, 0) is 19.8 Å². The van der Waals surface area contributed by atoms with E-state index < -0.39 is 5.97 Å². The van der Waals surface area contributed by atoms with Gasteiger partial charge in [0.2, 0.25) is 5.91 Å². The van der Waals surface area contributed by atoms with Gasteiger partial charge in [0, 0.05) is 38.2 Å². The Morgan fingerprint density at radius 3 is 2.41 bits per heavy atom. The van der Waals surface area contributed by atoms with Gasteiger partial charge < -0.3 is 10.4 Å². The van der Waals surface area contributed by atoms with Gasteiger partial charge in [-0.3, -0.25) is 9.69 Å². The van der Waals surface area contributed by atoms with Gasteiger partial charge in [0.05, 0.1) is 0 Å². The van der Waals surface area contributed by atoms with Crippen LogP contribution in [0, 0.1) is 0 Å². The molecular formula is C12H20N2O3. The molecule has 17 heavy (non-hydrogen) atoms. The lowest BCUT2D eigenvalue weighted by molar-refractivity contribution is -0.132.